The van der Waals surface area contributed by atoms with Crippen LogP contribution in [0.2, 0.25) is 0 Å². The molecule has 1 aromatic carbocycles. The normalized spacial score (nSPS) is 10.8. The molecule has 78 valence electrons. The summed E-state index contributed by atoms with van der Waals surface area (Å²) in [5.74, 6) is 0. The molecular weight excluding hydrogens is 256 g/mol. The van der Waals surface area contributed by atoms with Crippen LogP contribution in [-0.4, -0.2) is 16.1 Å². The van der Waals surface area contributed by atoms with Gasteiger partial charge in [0.2, 0.25) is 0 Å². The van der Waals surface area contributed by atoms with Gasteiger partial charge in [-0.2, -0.15) is 5.10 Å². The van der Waals surface area contributed by atoms with Gasteiger partial charge in [0.25, 0.3) is 0 Å². The second-order valence-electron chi connectivity index (χ2n) is 3.43. The van der Waals surface area contributed by atoms with Crippen molar-refractivity contribution in [3.63, 3.8) is 0 Å². The number of rotatable bonds is 3. The molecule has 15 heavy (non-hydrogen) atoms. The molecule has 2 aromatic rings. The van der Waals surface area contributed by atoms with Crippen LogP contribution >= 0.6 is 15.9 Å². The molecule has 0 atom stereocenters. The molecule has 4 heteroatoms. The molecule has 0 saturated heterocycles. The molecule has 1 aromatic heterocycles. The maximum Gasteiger partial charge on any atom is 0.135 e. The van der Waals surface area contributed by atoms with Crippen LogP contribution in [0.25, 0.3) is 10.9 Å². The van der Waals surface area contributed by atoms with E-state index in [2.05, 4.69) is 21.0 Å². The molecule has 0 unspecified atom stereocenters. The number of halogens is 1. The van der Waals surface area contributed by atoms with Crippen LogP contribution in [0.5, 0.6) is 0 Å². The van der Waals surface area contributed by atoms with Crippen molar-refractivity contribution in [2.45, 2.75) is 12.8 Å². The van der Waals surface area contributed by atoms with Gasteiger partial charge >= 0.3 is 0 Å². The van der Waals surface area contributed by atoms with Crippen LogP contribution in [0.3, 0.4) is 0 Å². The first-order valence-electron chi connectivity index (χ1n) is 4.77. The van der Waals surface area contributed by atoms with E-state index in [9.17, 15) is 4.79 Å². The molecule has 0 radical (unpaired) electrons. The molecule has 0 amide bonds. The first kappa shape index (κ1) is 10.4. The maximum absolute atomic E-state index is 10.4. The Morgan fingerprint density at radius 2 is 2.33 bits per heavy atom. The van der Waals surface area contributed by atoms with E-state index >= 15 is 0 Å². The van der Waals surface area contributed by atoms with Crippen LogP contribution in [-0.2, 0) is 18.3 Å². The minimum Gasteiger partial charge on any atom is -0.303 e. The van der Waals surface area contributed by atoms with E-state index in [0.717, 1.165) is 28.2 Å². The number of hydrogen-bond acceptors (Lipinski definition) is 2. The number of fused-ring (bicyclic) bond motifs is 1. The molecule has 0 aliphatic carbocycles. The number of aromatic nitrogens is 2. The fourth-order valence-electron chi connectivity index (χ4n) is 1.79. The average molecular weight is 267 g/mol. The van der Waals surface area contributed by atoms with Gasteiger partial charge in [0.15, 0.2) is 0 Å². The van der Waals surface area contributed by atoms with Crippen LogP contribution in [0, 0.1) is 0 Å². The number of aryl methyl sites for hydroxylation is 2. The quantitative estimate of drug-likeness (QED) is 0.801. The van der Waals surface area contributed by atoms with Gasteiger partial charge in [0.05, 0.1) is 5.52 Å². The predicted molar refractivity (Wildman–Crippen MR) is 62.8 cm³/mol. The summed E-state index contributed by atoms with van der Waals surface area (Å²) in [5, 5.41) is 5.40. The number of aldehydes is 1. The predicted octanol–water partition coefficient (Wildman–Crippen LogP) is 2.47. The van der Waals surface area contributed by atoms with Crippen molar-refractivity contribution < 1.29 is 4.79 Å². The third-order valence-electron chi connectivity index (χ3n) is 2.43. The van der Waals surface area contributed by atoms with Gasteiger partial charge in [-0.25, -0.2) is 0 Å². The zero-order chi connectivity index (χ0) is 10.8. The van der Waals surface area contributed by atoms with E-state index in [1.807, 2.05) is 29.9 Å². The number of benzene rings is 1. The summed E-state index contributed by atoms with van der Waals surface area (Å²) in [4.78, 5) is 10.4. The molecule has 0 saturated carbocycles. The zero-order valence-electron chi connectivity index (χ0n) is 8.40. The molecule has 0 spiro atoms. The van der Waals surface area contributed by atoms with E-state index < -0.39 is 0 Å². The Labute approximate surface area is 96.2 Å². The van der Waals surface area contributed by atoms with Gasteiger partial charge in [0, 0.05) is 18.9 Å². The summed E-state index contributed by atoms with van der Waals surface area (Å²) < 4.78 is 2.70. The minimum absolute atomic E-state index is 0.557. The molecule has 0 bridgehead atoms. The molecule has 3 nitrogen and oxygen atoms in total. The molecule has 0 fully saturated rings. The number of hydrogen-bond donors (Lipinski definition) is 0. The molecule has 0 N–H and O–H groups in total. The Kier molecular flexibility index (Phi) is 2.86. The largest absolute Gasteiger partial charge is 0.303 e. The lowest BCUT2D eigenvalue weighted by Gasteiger charge is -2.02. The van der Waals surface area contributed by atoms with Gasteiger partial charge in [0.1, 0.15) is 10.9 Å². The third-order valence-corrected chi connectivity index (χ3v) is 3.02. The molecule has 0 aliphatic heterocycles. The van der Waals surface area contributed by atoms with Crippen LogP contribution < -0.4 is 0 Å². The van der Waals surface area contributed by atoms with Gasteiger partial charge in [-0.15, -0.1) is 0 Å². The van der Waals surface area contributed by atoms with Gasteiger partial charge < -0.3 is 4.79 Å². The summed E-state index contributed by atoms with van der Waals surface area (Å²) >= 11 is 3.42. The zero-order valence-corrected chi connectivity index (χ0v) is 9.99. The first-order chi connectivity index (χ1) is 7.24. The Morgan fingerprint density at radius 3 is 3.07 bits per heavy atom. The number of nitrogens with zero attached hydrogens (tertiary/aromatic N) is 2. The molecule has 0 aliphatic rings. The summed E-state index contributed by atoms with van der Waals surface area (Å²) in [6, 6.07) is 6.06. The Balaban J connectivity index is 2.58. The van der Waals surface area contributed by atoms with Crippen molar-refractivity contribution in [1.29, 1.82) is 0 Å². The fourth-order valence-corrected chi connectivity index (χ4v) is 2.35. The smallest absolute Gasteiger partial charge is 0.135 e. The highest BCUT2D eigenvalue weighted by Crippen LogP contribution is 2.25. The highest BCUT2D eigenvalue weighted by molar-refractivity contribution is 9.10. The number of para-hydroxylation sites is 1. The lowest BCUT2D eigenvalue weighted by atomic mass is 10.1. The van der Waals surface area contributed by atoms with E-state index in [1.54, 1.807) is 0 Å². The monoisotopic (exact) mass is 266 g/mol. The Hall–Kier alpha value is -1.16. The minimum atomic E-state index is 0.557. The van der Waals surface area contributed by atoms with Crippen LogP contribution in [0.15, 0.2) is 22.8 Å². The van der Waals surface area contributed by atoms with Crippen LogP contribution in [0.4, 0.5) is 0 Å². The van der Waals surface area contributed by atoms with Crippen molar-refractivity contribution in [3.8, 4) is 0 Å². The second-order valence-corrected chi connectivity index (χ2v) is 4.18. The van der Waals surface area contributed by atoms with E-state index in [1.165, 1.54) is 5.56 Å². The Bertz CT molecular complexity index is 505. The fraction of sp³-hybridized carbons (Fsp3) is 0.273. The van der Waals surface area contributed by atoms with Crippen molar-refractivity contribution in [2.24, 2.45) is 7.05 Å². The molecule has 2 rings (SSSR count). The van der Waals surface area contributed by atoms with Gasteiger partial charge in [-0.3, -0.25) is 4.68 Å². The number of carbonyl (C=O) groups excluding carboxylic acids is 1. The second kappa shape index (κ2) is 4.14. The van der Waals surface area contributed by atoms with Gasteiger partial charge in [-0.1, -0.05) is 18.2 Å². The number of carbonyl (C=O) groups is 1. The van der Waals surface area contributed by atoms with Crippen molar-refractivity contribution in [2.75, 3.05) is 0 Å². The Morgan fingerprint density at radius 1 is 1.53 bits per heavy atom. The lowest BCUT2D eigenvalue weighted by molar-refractivity contribution is -0.107. The SMILES string of the molecule is Cn1nc(Br)c2cccc(CCC=O)c21. The van der Waals surface area contributed by atoms with Gasteiger partial charge in [-0.05, 0) is 27.9 Å². The van der Waals surface area contributed by atoms with Crippen molar-refractivity contribution in [3.05, 3.63) is 28.4 Å². The summed E-state index contributed by atoms with van der Waals surface area (Å²) in [5.41, 5.74) is 2.27. The molecule has 1 heterocycles. The summed E-state index contributed by atoms with van der Waals surface area (Å²) in [6.45, 7) is 0. The van der Waals surface area contributed by atoms with E-state index in [-0.39, 0.29) is 0 Å². The van der Waals surface area contributed by atoms with Crippen molar-refractivity contribution in [1.82, 2.24) is 9.78 Å². The highest BCUT2D eigenvalue weighted by Gasteiger charge is 2.09. The maximum atomic E-state index is 10.4. The summed E-state index contributed by atoms with van der Waals surface area (Å²) in [6.07, 6.45) is 2.28. The topological polar surface area (TPSA) is 34.9 Å². The average Bonchev–Trinajstić information content (AvgIpc) is 2.53. The standard InChI is InChI=1S/C11H11BrN2O/c1-14-10-8(5-3-7-15)4-2-6-9(10)11(12)13-14/h2,4,6-7H,3,5H2,1H3. The summed E-state index contributed by atoms with van der Waals surface area (Å²) in [7, 11) is 1.91. The first-order valence-corrected chi connectivity index (χ1v) is 5.57. The third kappa shape index (κ3) is 1.81. The van der Waals surface area contributed by atoms with Crippen molar-refractivity contribution >= 4 is 33.1 Å². The highest BCUT2D eigenvalue weighted by atomic mass is 79.9. The molecular formula is C11H11BrN2O. The van der Waals surface area contributed by atoms with Crippen LogP contribution in [0.1, 0.15) is 12.0 Å². The van der Waals surface area contributed by atoms with E-state index in [4.69, 9.17) is 0 Å². The lowest BCUT2D eigenvalue weighted by Crippen LogP contribution is -1.95. The van der Waals surface area contributed by atoms with E-state index in [0.29, 0.717) is 6.42 Å².